The molecule has 0 heterocycles. The minimum absolute atomic E-state index is 0.186. The Morgan fingerprint density at radius 2 is 1.65 bits per heavy atom. The van der Waals surface area contributed by atoms with Crippen LogP contribution in [0, 0.1) is 23.2 Å². The second-order valence-corrected chi connectivity index (χ2v) is 6.07. The summed E-state index contributed by atoms with van der Waals surface area (Å²) in [5.74, 6) is 1.64. The van der Waals surface area contributed by atoms with Crippen molar-refractivity contribution in [1.82, 2.24) is 0 Å². The lowest BCUT2D eigenvalue weighted by Crippen LogP contribution is -2.41. The van der Waals surface area contributed by atoms with Gasteiger partial charge in [-0.1, -0.05) is 41.5 Å². The van der Waals surface area contributed by atoms with Crippen LogP contribution in [0.4, 0.5) is 0 Å². The number of rotatable bonds is 8. The number of unbranched alkanes of at least 4 members (excludes halogenated alkanes) is 1. The minimum Gasteiger partial charge on any atom is -0.396 e. The smallest absolute Gasteiger partial charge is 0.139 e. The first-order valence-electron chi connectivity index (χ1n) is 6.92. The van der Waals surface area contributed by atoms with Crippen molar-refractivity contribution in [3.8, 4) is 0 Å². The minimum atomic E-state index is -0.233. The summed E-state index contributed by atoms with van der Waals surface area (Å²) in [5.41, 5.74) is -0.233. The van der Waals surface area contributed by atoms with Crippen LogP contribution >= 0.6 is 0 Å². The fourth-order valence-corrected chi connectivity index (χ4v) is 2.46. The van der Waals surface area contributed by atoms with E-state index in [-0.39, 0.29) is 12.0 Å². The van der Waals surface area contributed by atoms with Gasteiger partial charge in [0.15, 0.2) is 0 Å². The predicted octanol–water partition coefficient (Wildman–Crippen LogP) is 3.67. The molecule has 0 aromatic carbocycles. The zero-order valence-corrected chi connectivity index (χ0v) is 12.4. The van der Waals surface area contributed by atoms with Crippen molar-refractivity contribution < 1.29 is 9.90 Å². The van der Waals surface area contributed by atoms with Crippen LogP contribution in [0.15, 0.2) is 0 Å². The van der Waals surface area contributed by atoms with Gasteiger partial charge in [0, 0.05) is 18.4 Å². The molecule has 0 bridgehead atoms. The maximum Gasteiger partial charge on any atom is 0.139 e. The molecule has 0 spiro atoms. The number of carbonyl (C=O) groups is 1. The molecule has 0 saturated carbocycles. The van der Waals surface area contributed by atoms with E-state index < -0.39 is 0 Å². The Morgan fingerprint density at radius 1 is 1.12 bits per heavy atom. The normalized spacial score (nSPS) is 17.2. The Hall–Kier alpha value is -0.370. The van der Waals surface area contributed by atoms with E-state index in [9.17, 15) is 4.79 Å². The van der Waals surface area contributed by atoms with Gasteiger partial charge in [-0.15, -0.1) is 0 Å². The summed E-state index contributed by atoms with van der Waals surface area (Å²) < 4.78 is 0. The molecule has 0 aliphatic carbocycles. The molecule has 0 aliphatic rings. The van der Waals surface area contributed by atoms with Crippen molar-refractivity contribution in [3.63, 3.8) is 0 Å². The van der Waals surface area contributed by atoms with Gasteiger partial charge in [-0.3, -0.25) is 4.79 Å². The van der Waals surface area contributed by atoms with Gasteiger partial charge < -0.3 is 5.11 Å². The third kappa shape index (κ3) is 4.09. The maximum absolute atomic E-state index is 12.4. The fraction of sp³-hybridized carbons (Fsp3) is 0.933. The van der Waals surface area contributed by atoms with E-state index >= 15 is 0 Å². The molecule has 17 heavy (non-hydrogen) atoms. The Balaban J connectivity index is 4.76. The zero-order valence-electron chi connectivity index (χ0n) is 12.4. The van der Waals surface area contributed by atoms with Crippen molar-refractivity contribution in [2.75, 3.05) is 6.61 Å². The molecule has 0 radical (unpaired) electrons. The van der Waals surface area contributed by atoms with Gasteiger partial charge in [-0.2, -0.15) is 0 Å². The van der Waals surface area contributed by atoms with Crippen molar-refractivity contribution in [2.24, 2.45) is 23.2 Å². The van der Waals surface area contributed by atoms with Crippen LogP contribution in [0.3, 0.4) is 0 Å². The molecule has 0 fully saturated rings. The molecule has 102 valence electrons. The van der Waals surface area contributed by atoms with Gasteiger partial charge in [0.25, 0.3) is 0 Å². The Bertz CT molecular complexity index is 233. The van der Waals surface area contributed by atoms with Gasteiger partial charge in [0.2, 0.25) is 0 Å². The first-order valence-corrected chi connectivity index (χ1v) is 6.92. The summed E-state index contributed by atoms with van der Waals surface area (Å²) in [7, 11) is 0. The largest absolute Gasteiger partial charge is 0.396 e. The number of aliphatic hydroxyl groups excluding tert-OH is 1. The van der Waals surface area contributed by atoms with Crippen LogP contribution in [0.1, 0.15) is 60.8 Å². The predicted molar refractivity (Wildman–Crippen MR) is 72.9 cm³/mol. The van der Waals surface area contributed by atoms with Gasteiger partial charge in [0.05, 0.1) is 0 Å². The van der Waals surface area contributed by atoms with Gasteiger partial charge in [-0.05, 0) is 30.6 Å². The monoisotopic (exact) mass is 242 g/mol. The van der Waals surface area contributed by atoms with Gasteiger partial charge >= 0.3 is 0 Å². The Morgan fingerprint density at radius 3 is 2.00 bits per heavy atom. The molecule has 2 heteroatoms. The highest BCUT2D eigenvalue weighted by atomic mass is 16.2. The second kappa shape index (κ2) is 7.15. The number of hydrogen-bond acceptors (Lipinski definition) is 2. The highest BCUT2D eigenvalue weighted by molar-refractivity contribution is 5.85. The van der Waals surface area contributed by atoms with E-state index in [0.29, 0.717) is 30.0 Å². The SMILES string of the molecule is CC(C)C(C)C(C)(C(=O)CCCCO)C(C)C. The van der Waals surface area contributed by atoms with Gasteiger partial charge in [-0.25, -0.2) is 0 Å². The van der Waals surface area contributed by atoms with Crippen LogP contribution in [0.2, 0.25) is 0 Å². The third-order valence-corrected chi connectivity index (χ3v) is 4.56. The lowest BCUT2D eigenvalue weighted by Gasteiger charge is -2.40. The fourth-order valence-electron chi connectivity index (χ4n) is 2.46. The molecule has 2 atom stereocenters. The molecule has 2 nitrogen and oxygen atoms in total. The lowest BCUT2D eigenvalue weighted by atomic mass is 9.63. The van der Waals surface area contributed by atoms with Crippen LogP contribution in [0.25, 0.3) is 0 Å². The Kier molecular flexibility index (Phi) is 6.99. The molecule has 0 aromatic heterocycles. The molecule has 1 N–H and O–H groups in total. The highest BCUT2D eigenvalue weighted by Gasteiger charge is 2.41. The number of hydrogen-bond donors (Lipinski definition) is 1. The summed E-state index contributed by atoms with van der Waals surface area (Å²) >= 11 is 0. The van der Waals surface area contributed by atoms with Crippen LogP contribution < -0.4 is 0 Å². The van der Waals surface area contributed by atoms with E-state index in [2.05, 4.69) is 41.5 Å². The quantitative estimate of drug-likeness (QED) is 0.659. The Labute approximate surface area is 107 Å². The molecule has 0 rings (SSSR count). The average Bonchev–Trinajstić information content (AvgIpc) is 2.26. The van der Waals surface area contributed by atoms with E-state index in [1.54, 1.807) is 0 Å². The molecule has 0 aromatic rings. The number of Topliss-reactive ketones (excluding diaryl/α,β-unsaturated/α-hetero) is 1. The molecular weight excluding hydrogens is 212 g/mol. The average molecular weight is 242 g/mol. The topological polar surface area (TPSA) is 37.3 Å². The van der Waals surface area contributed by atoms with Crippen molar-refractivity contribution in [3.05, 3.63) is 0 Å². The van der Waals surface area contributed by atoms with Crippen molar-refractivity contribution >= 4 is 5.78 Å². The summed E-state index contributed by atoms with van der Waals surface area (Å²) in [6.07, 6.45) is 2.14. The molecule has 0 saturated heterocycles. The van der Waals surface area contributed by atoms with E-state index in [1.165, 1.54) is 0 Å². The second-order valence-electron chi connectivity index (χ2n) is 6.07. The van der Waals surface area contributed by atoms with E-state index in [4.69, 9.17) is 5.11 Å². The van der Waals surface area contributed by atoms with Crippen molar-refractivity contribution in [1.29, 1.82) is 0 Å². The summed E-state index contributed by atoms with van der Waals surface area (Å²) in [5, 5.41) is 8.78. The standard InChI is InChI=1S/C15H30O2/c1-11(2)13(5)15(6,12(3)4)14(17)9-7-8-10-16/h11-13,16H,7-10H2,1-6H3. The highest BCUT2D eigenvalue weighted by Crippen LogP contribution is 2.41. The molecule has 0 amide bonds. The first kappa shape index (κ1) is 16.6. The van der Waals surface area contributed by atoms with E-state index in [0.717, 1.165) is 12.8 Å². The lowest BCUT2D eigenvalue weighted by molar-refractivity contribution is -0.135. The van der Waals surface area contributed by atoms with E-state index in [1.807, 2.05) is 0 Å². The van der Waals surface area contributed by atoms with Gasteiger partial charge in [0.1, 0.15) is 5.78 Å². The number of ketones is 1. The van der Waals surface area contributed by atoms with Crippen LogP contribution in [-0.4, -0.2) is 17.5 Å². The summed E-state index contributed by atoms with van der Waals surface area (Å²) in [6.45, 7) is 13.1. The molecule has 0 aliphatic heterocycles. The summed E-state index contributed by atoms with van der Waals surface area (Å²) in [4.78, 5) is 12.4. The third-order valence-electron chi connectivity index (χ3n) is 4.56. The number of carbonyl (C=O) groups excluding carboxylic acids is 1. The molecule has 2 unspecified atom stereocenters. The number of aliphatic hydroxyl groups is 1. The van der Waals surface area contributed by atoms with Crippen molar-refractivity contribution in [2.45, 2.75) is 60.8 Å². The van der Waals surface area contributed by atoms with Crippen LogP contribution in [-0.2, 0) is 4.79 Å². The first-order chi connectivity index (χ1) is 7.78. The maximum atomic E-state index is 12.4. The van der Waals surface area contributed by atoms with Crippen LogP contribution in [0.5, 0.6) is 0 Å². The molecular formula is C15H30O2. The zero-order chi connectivity index (χ0) is 13.6. The summed E-state index contributed by atoms with van der Waals surface area (Å²) in [6, 6.07) is 0.